The summed E-state index contributed by atoms with van der Waals surface area (Å²) in [5.74, 6) is 0.470. The Balaban J connectivity index is 1.48. The first-order chi connectivity index (χ1) is 9.34. The zero-order chi connectivity index (χ0) is 13.3. The standard InChI is InChI=1S/C11H20N4O3S/c16-10(9-18-11-8-13-19-14-11)7-12-1-2-15-3-5-17-6-4-15/h8,10,12,16H,1-7,9H2. The van der Waals surface area contributed by atoms with Crippen molar-refractivity contribution in [3.63, 3.8) is 0 Å². The first-order valence-electron chi connectivity index (χ1n) is 6.44. The van der Waals surface area contributed by atoms with Crippen molar-refractivity contribution in [3.05, 3.63) is 6.20 Å². The summed E-state index contributed by atoms with van der Waals surface area (Å²) in [4.78, 5) is 2.35. The fraction of sp³-hybridized carbons (Fsp3) is 0.818. The zero-order valence-corrected chi connectivity index (χ0v) is 11.6. The highest BCUT2D eigenvalue weighted by Gasteiger charge is 2.10. The molecule has 0 amide bonds. The third-order valence-electron chi connectivity index (χ3n) is 2.85. The van der Waals surface area contributed by atoms with Gasteiger partial charge in [-0.1, -0.05) is 0 Å². The average molecular weight is 288 g/mol. The summed E-state index contributed by atoms with van der Waals surface area (Å²) in [5.41, 5.74) is 0. The van der Waals surface area contributed by atoms with Crippen molar-refractivity contribution in [1.82, 2.24) is 19.0 Å². The lowest BCUT2D eigenvalue weighted by Crippen LogP contribution is -2.41. The Labute approximate surface area is 116 Å². The molecule has 0 aromatic carbocycles. The molecule has 0 bridgehead atoms. The molecule has 1 aromatic rings. The van der Waals surface area contributed by atoms with E-state index in [2.05, 4.69) is 19.0 Å². The van der Waals surface area contributed by atoms with E-state index in [1.807, 2.05) is 0 Å². The Bertz CT molecular complexity index is 333. The molecular formula is C11H20N4O3S. The second kappa shape index (κ2) is 8.39. The van der Waals surface area contributed by atoms with E-state index in [0.717, 1.165) is 51.1 Å². The Morgan fingerprint density at radius 2 is 2.37 bits per heavy atom. The van der Waals surface area contributed by atoms with Gasteiger partial charge in [-0.2, -0.15) is 4.37 Å². The van der Waals surface area contributed by atoms with Crippen LogP contribution >= 0.6 is 11.7 Å². The number of hydrogen-bond acceptors (Lipinski definition) is 8. The molecule has 2 heterocycles. The Hall–Kier alpha value is -0.800. The number of nitrogens with zero attached hydrogens (tertiary/aromatic N) is 3. The van der Waals surface area contributed by atoms with Crippen LogP contribution in [0.25, 0.3) is 0 Å². The minimum absolute atomic E-state index is 0.232. The van der Waals surface area contributed by atoms with E-state index in [0.29, 0.717) is 12.4 Å². The van der Waals surface area contributed by atoms with Crippen molar-refractivity contribution in [3.8, 4) is 5.88 Å². The van der Waals surface area contributed by atoms with Gasteiger partial charge >= 0.3 is 0 Å². The maximum Gasteiger partial charge on any atom is 0.245 e. The highest BCUT2D eigenvalue weighted by molar-refractivity contribution is 6.99. The van der Waals surface area contributed by atoms with E-state index in [4.69, 9.17) is 9.47 Å². The van der Waals surface area contributed by atoms with Crippen LogP contribution in [0, 0.1) is 0 Å². The van der Waals surface area contributed by atoms with Crippen LogP contribution in [0.3, 0.4) is 0 Å². The molecule has 7 nitrogen and oxygen atoms in total. The maximum absolute atomic E-state index is 9.72. The average Bonchev–Trinajstić information content (AvgIpc) is 2.96. The molecule has 1 unspecified atom stereocenters. The second-order valence-corrected chi connectivity index (χ2v) is 4.93. The van der Waals surface area contributed by atoms with E-state index in [1.165, 1.54) is 0 Å². The lowest BCUT2D eigenvalue weighted by molar-refractivity contribution is 0.0376. The van der Waals surface area contributed by atoms with Gasteiger partial charge in [0, 0.05) is 32.7 Å². The summed E-state index contributed by atoms with van der Waals surface area (Å²) in [6, 6.07) is 0. The van der Waals surface area contributed by atoms with Crippen molar-refractivity contribution in [2.45, 2.75) is 6.10 Å². The predicted molar refractivity (Wildman–Crippen MR) is 71.5 cm³/mol. The molecule has 1 aromatic heterocycles. The van der Waals surface area contributed by atoms with Gasteiger partial charge in [0.25, 0.3) is 0 Å². The molecule has 2 rings (SSSR count). The number of rotatable bonds is 8. The van der Waals surface area contributed by atoms with Crippen LogP contribution in [0.1, 0.15) is 0 Å². The van der Waals surface area contributed by atoms with E-state index in [-0.39, 0.29) is 6.61 Å². The van der Waals surface area contributed by atoms with Gasteiger partial charge in [0.1, 0.15) is 18.9 Å². The van der Waals surface area contributed by atoms with Gasteiger partial charge < -0.3 is 19.9 Å². The lowest BCUT2D eigenvalue weighted by atomic mass is 10.3. The van der Waals surface area contributed by atoms with Crippen LogP contribution in [0.4, 0.5) is 0 Å². The molecule has 1 saturated heterocycles. The molecule has 0 radical (unpaired) electrons. The highest BCUT2D eigenvalue weighted by atomic mass is 32.1. The molecule has 2 N–H and O–H groups in total. The summed E-state index contributed by atoms with van der Waals surface area (Å²) < 4.78 is 18.3. The van der Waals surface area contributed by atoms with Gasteiger partial charge in [-0.25, -0.2) is 0 Å². The maximum atomic E-state index is 9.72. The molecular weight excluding hydrogens is 268 g/mol. The van der Waals surface area contributed by atoms with Gasteiger partial charge in [0.05, 0.1) is 24.9 Å². The molecule has 108 valence electrons. The van der Waals surface area contributed by atoms with Crippen LogP contribution in [0.15, 0.2) is 6.20 Å². The van der Waals surface area contributed by atoms with Crippen molar-refractivity contribution in [2.75, 3.05) is 52.5 Å². The molecule has 8 heteroatoms. The van der Waals surface area contributed by atoms with Crippen molar-refractivity contribution in [1.29, 1.82) is 0 Å². The monoisotopic (exact) mass is 288 g/mol. The van der Waals surface area contributed by atoms with Crippen LogP contribution < -0.4 is 10.1 Å². The van der Waals surface area contributed by atoms with E-state index in [1.54, 1.807) is 6.20 Å². The fourth-order valence-corrected chi connectivity index (χ4v) is 2.16. The van der Waals surface area contributed by atoms with Crippen LogP contribution in [-0.2, 0) is 4.74 Å². The van der Waals surface area contributed by atoms with Crippen molar-refractivity contribution >= 4 is 11.7 Å². The number of aliphatic hydroxyl groups excluding tert-OH is 1. The summed E-state index contributed by atoms with van der Waals surface area (Å²) in [5, 5.41) is 12.9. The molecule has 19 heavy (non-hydrogen) atoms. The first kappa shape index (κ1) is 14.6. The molecule has 0 spiro atoms. The van der Waals surface area contributed by atoms with Crippen LogP contribution in [0.2, 0.25) is 0 Å². The molecule has 1 aliphatic rings. The van der Waals surface area contributed by atoms with Gasteiger partial charge in [-0.05, 0) is 0 Å². The third-order valence-corrected chi connectivity index (χ3v) is 3.31. The molecule has 0 aliphatic carbocycles. The smallest absolute Gasteiger partial charge is 0.245 e. The quantitative estimate of drug-likeness (QED) is 0.606. The number of morpholine rings is 1. The Morgan fingerprint density at radius 1 is 1.53 bits per heavy atom. The summed E-state index contributed by atoms with van der Waals surface area (Å²) in [7, 11) is 0. The van der Waals surface area contributed by atoms with Gasteiger partial charge in [-0.3, -0.25) is 4.90 Å². The van der Waals surface area contributed by atoms with Gasteiger partial charge in [0.15, 0.2) is 0 Å². The minimum atomic E-state index is -0.536. The van der Waals surface area contributed by atoms with E-state index >= 15 is 0 Å². The summed E-state index contributed by atoms with van der Waals surface area (Å²) >= 11 is 1.09. The normalized spacial score (nSPS) is 18.4. The zero-order valence-electron chi connectivity index (χ0n) is 10.8. The highest BCUT2D eigenvalue weighted by Crippen LogP contribution is 2.05. The molecule has 1 atom stereocenters. The van der Waals surface area contributed by atoms with Crippen molar-refractivity contribution in [2.24, 2.45) is 0 Å². The largest absolute Gasteiger partial charge is 0.473 e. The van der Waals surface area contributed by atoms with Crippen LogP contribution in [-0.4, -0.2) is 77.4 Å². The molecule has 1 fully saturated rings. The van der Waals surface area contributed by atoms with Gasteiger partial charge in [0.2, 0.25) is 5.88 Å². The summed E-state index contributed by atoms with van der Waals surface area (Å²) in [6.07, 6.45) is 1.01. The molecule has 1 aliphatic heterocycles. The summed E-state index contributed by atoms with van der Waals surface area (Å²) in [6.45, 7) is 6.20. The number of ether oxygens (including phenoxy) is 2. The lowest BCUT2D eigenvalue weighted by Gasteiger charge is -2.26. The predicted octanol–water partition coefficient (Wildman–Crippen LogP) is -0.800. The van der Waals surface area contributed by atoms with E-state index < -0.39 is 6.10 Å². The Kier molecular flexibility index (Phi) is 6.45. The second-order valence-electron chi connectivity index (χ2n) is 4.37. The van der Waals surface area contributed by atoms with E-state index in [9.17, 15) is 5.11 Å². The minimum Gasteiger partial charge on any atom is -0.473 e. The number of nitrogens with one attached hydrogen (secondary N) is 1. The number of hydrogen-bond donors (Lipinski definition) is 2. The number of aromatic nitrogens is 2. The number of aliphatic hydroxyl groups is 1. The van der Waals surface area contributed by atoms with Crippen molar-refractivity contribution < 1.29 is 14.6 Å². The van der Waals surface area contributed by atoms with Gasteiger partial charge in [-0.15, -0.1) is 4.37 Å². The fourth-order valence-electron chi connectivity index (χ4n) is 1.79. The molecule has 0 saturated carbocycles. The first-order valence-corrected chi connectivity index (χ1v) is 7.17. The topological polar surface area (TPSA) is 79.7 Å². The van der Waals surface area contributed by atoms with Crippen LogP contribution in [0.5, 0.6) is 5.88 Å². The Morgan fingerprint density at radius 3 is 3.11 bits per heavy atom. The third kappa shape index (κ3) is 5.79. The SMILES string of the molecule is OC(CNCCN1CCOCC1)COc1cnsn1.